The van der Waals surface area contributed by atoms with Crippen LogP contribution in [0.15, 0.2) is 22.7 Å². The number of rotatable bonds is 2. The molecule has 1 aliphatic carbocycles. The Labute approximate surface area is 167 Å². The first-order valence-corrected chi connectivity index (χ1v) is 10.0. The standard InChI is InChI=1S/C20H21ClFN5O/c1-11-18(22)19(26-28-11)12-2-4-13(5-3-12)20-25-24-17-10-23-9-14-8-15(21)6-7-16(14)27(17)20/h6-8,12-13,23H,2-5,9-10H2,1H3. The van der Waals surface area contributed by atoms with Crippen molar-refractivity contribution in [2.75, 3.05) is 0 Å². The van der Waals surface area contributed by atoms with Gasteiger partial charge in [0.1, 0.15) is 11.5 Å². The minimum atomic E-state index is -0.295. The number of aromatic nitrogens is 4. The lowest BCUT2D eigenvalue weighted by Gasteiger charge is -2.27. The summed E-state index contributed by atoms with van der Waals surface area (Å²) in [6, 6.07) is 5.95. The van der Waals surface area contributed by atoms with Crippen molar-refractivity contribution < 1.29 is 8.91 Å². The van der Waals surface area contributed by atoms with E-state index in [9.17, 15) is 4.39 Å². The van der Waals surface area contributed by atoms with Gasteiger partial charge in [0.15, 0.2) is 17.4 Å². The zero-order valence-corrected chi connectivity index (χ0v) is 16.3. The van der Waals surface area contributed by atoms with Crippen molar-refractivity contribution in [2.24, 2.45) is 0 Å². The normalized spacial score (nSPS) is 21.8. The molecule has 0 radical (unpaired) electrons. The van der Waals surface area contributed by atoms with E-state index >= 15 is 0 Å². The molecule has 1 fully saturated rings. The smallest absolute Gasteiger partial charge is 0.188 e. The fraction of sp³-hybridized carbons (Fsp3) is 0.450. The first-order valence-electron chi connectivity index (χ1n) is 9.67. The van der Waals surface area contributed by atoms with Crippen LogP contribution in [0, 0.1) is 12.7 Å². The van der Waals surface area contributed by atoms with Gasteiger partial charge in [0.25, 0.3) is 0 Å². The predicted octanol–water partition coefficient (Wildman–Crippen LogP) is 4.40. The van der Waals surface area contributed by atoms with Crippen LogP contribution in [0.4, 0.5) is 4.39 Å². The third kappa shape index (κ3) is 2.93. The third-order valence-electron chi connectivity index (χ3n) is 5.93. The summed E-state index contributed by atoms with van der Waals surface area (Å²) in [6.45, 7) is 3.02. The Morgan fingerprint density at radius 1 is 1.14 bits per heavy atom. The highest BCUT2D eigenvalue weighted by Crippen LogP contribution is 2.41. The molecule has 1 aromatic carbocycles. The maximum Gasteiger partial charge on any atom is 0.188 e. The van der Waals surface area contributed by atoms with Crippen molar-refractivity contribution in [3.63, 3.8) is 0 Å². The third-order valence-corrected chi connectivity index (χ3v) is 6.17. The summed E-state index contributed by atoms with van der Waals surface area (Å²) in [4.78, 5) is 0. The van der Waals surface area contributed by atoms with Gasteiger partial charge >= 0.3 is 0 Å². The van der Waals surface area contributed by atoms with Crippen molar-refractivity contribution in [3.05, 3.63) is 57.7 Å². The summed E-state index contributed by atoms with van der Waals surface area (Å²) in [7, 11) is 0. The number of nitrogens with one attached hydrogen (secondary N) is 1. The zero-order valence-electron chi connectivity index (χ0n) is 15.6. The average molecular weight is 402 g/mol. The lowest BCUT2D eigenvalue weighted by molar-refractivity contribution is 0.347. The quantitative estimate of drug-likeness (QED) is 0.689. The van der Waals surface area contributed by atoms with Crippen LogP contribution in [0.3, 0.4) is 0 Å². The molecule has 1 aliphatic heterocycles. The number of benzene rings is 1. The van der Waals surface area contributed by atoms with Gasteiger partial charge in [0.2, 0.25) is 0 Å². The number of hydrogen-bond donors (Lipinski definition) is 1. The summed E-state index contributed by atoms with van der Waals surface area (Å²) in [5.74, 6) is 2.26. The average Bonchev–Trinajstić information content (AvgIpc) is 3.21. The molecule has 1 N–H and O–H groups in total. The zero-order chi connectivity index (χ0) is 19.3. The van der Waals surface area contributed by atoms with Gasteiger partial charge in [-0.2, -0.15) is 0 Å². The molecule has 3 heterocycles. The van der Waals surface area contributed by atoms with Crippen molar-refractivity contribution >= 4 is 11.6 Å². The molecule has 146 valence electrons. The van der Waals surface area contributed by atoms with Gasteiger partial charge in [-0.05, 0) is 56.4 Å². The number of nitrogens with zero attached hydrogens (tertiary/aromatic N) is 4. The lowest BCUT2D eigenvalue weighted by atomic mass is 9.80. The maximum atomic E-state index is 14.2. The van der Waals surface area contributed by atoms with Crippen LogP contribution >= 0.6 is 11.6 Å². The largest absolute Gasteiger partial charge is 0.358 e. The van der Waals surface area contributed by atoms with E-state index in [2.05, 4.69) is 25.2 Å². The van der Waals surface area contributed by atoms with Crippen molar-refractivity contribution in [3.8, 4) is 5.69 Å². The lowest BCUT2D eigenvalue weighted by Crippen LogP contribution is -2.17. The van der Waals surface area contributed by atoms with Gasteiger partial charge < -0.3 is 9.84 Å². The van der Waals surface area contributed by atoms with Gasteiger partial charge in [-0.15, -0.1) is 10.2 Å². The molecule has 0 bridgehead atoms. The molecule has 2 aromatic heterocycles. The van der Waals surface area contributed by atoms with Crippen molar-refractivity contribution in [1.29, 1.82) is 0 Å². The maximum absolute atomic E-state index is 14.2. The molecule has 0 saturated heterocycles. The van der Waals surface area contributed by atoms with Crippen LogP contribution in [0.25, 0.3) is 5.69 Å². The Balaban J connectivity index is 1.43. The van der Waals surface area contributed by atoms with Crippen LogP contribution in [0.2, 0.25) is 5.02 Å². The summed E-state index contributed by atoms with van der Waals surface area (Å²) in [6.07, 6.45) is 3.57. The Morgan fingerprint density at radius 2 is 1.93 bits per heavy atom. The van der Waals surface area contributed by atoms with Crippen LogP contribution < -0.4 is 5.32 Å². The molecule has 0 unspecified atom stereocenters. The van der Waals surface area contributed by atoms with E-state index in [1.165, 1.54) is 0 Å². The fourth-order valence-corrected chi connectivity index (χ4v) is 4.65. The molecular formula is C20H21ClFN5O. The van der Waals surface area contributed by atoms with E-state index in [-0.39, 0.29) is 23.4 Å². The van der Waals surface area contributed by atoms with E-state index in [1.807, 2.05) is 18.2 Å². The fourth-order valence-electron chi connectivity index (χ4n) is 4.45. The molecule has 8 heteroatoms. The van der Waals surface area contributed by atoms with E-state index in [0.29, 0.717) is 12.2 Å². The molecular weight excluding hydrogens is 381 g/mol. The highest BCUT2D eigenvalue weighted by atomic mass is 35.5. The Kier molecular flexibility index (Phi) is 4.44. The van der Waals surface area contributed by atoms with E-state index < -0.39 is 0 Å². The number of fused-ring (bicyclic) bond motifs is 3. The van der Waals surface area contributed by atoms with Gasteiger partial charge in [0, 0.05) is 23.4 Å². The molecule has 28 heavy (non-hydrogen) atoms. The SMILES string of the molecule is Cc1onc(C2CCC(c3nnc4n3-c3ccc(Cl)cc3CNC4)CC2)c1F. The molecule has 6 nitrogen and oxygen atoms in total. The van der Waals surface area contributed by atoms with Gasteiger partial charge in [-0.1, -0.05) is 16.8 Å². The molecule has 0 amide bonds. The summed E-state index contributed by atoms with van der Waals surface area (Å²) in [5, 5.41) is 17.0. The number of hydrogen-bond acceptors (Lipinski definition) is 5. The van der Waals surface area contributed by atoms with Crippen LogP contribution in [0.1, 0.15) is 66.2 Å². The van der Waals surface area contributed by atoms with Crippen LogP contribution in [0.5, 0.6) is 0 Å². The number of aryl methyl sites for hydroxylation is 1. The number of halogens is 2. The highest BCUT2D eigenvalue weighted by molar-refractivity contribution is 6.30. The Hall–Kier alpha value is -2.25. The molecule has 1 saturated carbocycles. The van der Waals surface area contributed by atoms with Gasteiger partial charge in [-0.25, -0.2) is 4.39 Å². The van der Waals surface area contributed by atoms with E-state index in [4.69, 9.17) is 16.1 Å². The predicted molar refractivity (Wildman–Crippen MR) is 102 cm³/mol. The summed E-state index contributed by atoms with van der Waals surface area (Å²) in [5.41, 5.74) is 2.70. The van der Waals surface area contributed by atoms with Gasteiger partial charge in [-0.3, -0.25) is 4.57 Å². The Morgan fingerprint density at radius 3 is 2.68 bits per heavy atom. The van der Waals surface area contributed by atoms with Crippen molar-refractivity contribution in [2.45, 2.75) is 57.5 Å². The second-order valence-corrected chi connectivity index (χ2v) is 8.11. The molecule has 3 aromatic rings. The first kappa shape index (κ1) is 17.8. The summed E-state index contributed by atoms with van der Waals surface area (Å²) < 4.78 is 21.4. The minimum absolute atomic E-state index is 0.105. The highest BCUT2D eigenvalue weighted by Gasteiger charge is 2.32. The Bertz CT molecular complexity index is 1020. The van der Waals surface area contributed by atoms with Gasteiger partial charge in [0.05, 0.1) is 12.2 Å². The second-order valence-electron chi connectivity index (χ2n) is 7.67. The van der Waals surface area contributed by atoms with E-state index in [0.717, 1.165) is 60.2 Å². The van der Waals surface area contributed by atoms with Crippen LogP contribution in [-0.4, -0.2) is 19.9 Å². The first-order chi connectivity index (χ1) is 13.6. The molecule has 0 spiro atoms. The summed E-state index contributed by atoms with van der Waals surface area (Å²) >= 11 is 6.20. The second kappa shape index (κ2) is 6.97. The minimum Gasteiger partial charge on any atom is -0.358 e. The molecule has 5 rings (SSSR count). The van der Waals surface area contributed by atoms with Crippen molar-refractivity contribution in [1.82, 2.24) is 25.2 Å². The molecule has 0 atom stereocenters. The van der Waals surface area contributed by atoms with E-state index in [1.54, 1.807) is 6.92 Å². The topological polar surface area (TPSA) is 68.8 Å². The van der Waals surface area contributed by atoms with Crippen LogP contribution in [-0.2, 0) is 13.1 Å². The molecule has 2 aliphatic rings. The monoisotopic (exact) mass is 401 g/mol.